The molecule has 3 rings (SSSR count). The first-order valence-electron chi connectivity index (χ1n) is 8.83. The molecule has 3 aliphatic rings. The van der Waals surface area contributed by atoms with E-state index >= 15 is 0 Å². The van der Waals surface area contributed by atoms with Gasteiger partial charge in [0, 0.05) is 18.6 Å². The van der Waals surface area contributed by atoms with Gasteiger partial charge in [-0.2, -0.15) is 0 Å². The molecule has 126 valence electrons. The van der Waals surface area contributed by atoms with Crippen LogP contribution in [-0.4, -0.2) is 49.5 Å². The molecule has 5 nitrogen and oxygen atoms in total. The molecule has 0 unspecified atom stereocenters. The van der Waals surface area contributed by atoms with Crippen molar-refractivity contribution in [1.82, 2.24) is 10.2 Å². The van der Waals surface area contributed by atoms with Gasteiger partial charge in [-0.1, -0.05) is 19.3 Å². The zero-order valence-electron chi connectivity index (χ0n) is 13.3. The number of carbonyl (C=O) groups is 1. The van der Waals surface area contributed by atoms with Gasteiger partial charge in [0.2, 0.25) is 0 Å². The van der Waals surface area contributed by atoms with Gasteiger partial charge in [0.25, 0.3) is 0 Å². The van der Waals surface area contributed by atoms with Crippen molar-refractivity contribution in [3.05, 3.63) is 0 Å². The van der Waals surface area contributed by atoms with E-state index in [4.69, 9.17) is 0 Å². The van der Waals surface area contributed by atoms with Crippen molar-refractivity contribution in [3.63, 3.8) is 0 Å². The van der Waals surface area contributed by atoms with Gasteiger partial charge in [-0.15, -0.1) is 0 Å². The molecular weight excluding hydrogens is 300 g/mol. The molecule has 0 aromatic rings. The van der Waals surface area contributed by atoms with Crippen LogP contribution in [0.25, 0.3) is 0 Å². The summed E-state index contributed by atoms with van der Waals surface area (Å²) in [5, 5.41) is 2.99. The summed E-state index contributed by atoms with van der Waals surface area (Å²) in [6.45, 7) is 0.826. The average molecular weight is 328 g/mol. The molecule has 1 aliphatic carbocycles. The van der Waals surface area contributed by atoms with Crippen LogP contribution in [0.5, 0.6) is 0 Å². The number of sulfone groups is 1. The van der Waals surface area contributed by atoms with Gasteiger partial charge < -0.3 is 10.2 Å². The van der Waals surface area contributed by atoms with E-state index in [0.717, 1.165) is 25.8 Å². The number of hydrogen-bond donors (Lipinski definition) is 1. The molecule has 2 atom stereocenters. The van der Waals surface area contributed by atoms with Crippen molar-refractivity contribution in [2.75, 3.05) is 18.1 Å². The Balaban J connectivity index is 1.58. The lowest BCUT2D eigenvalue weighted by molar-refractivity contribution is 0.153. The van der Waals surface area contributed by atoms with Crippen LogP contribution in [-0.2, 0) is 9.84 Å². The third kappa shape index (κ3) is 3.76. The molecule has 2 heterocycles. The zero-order valence-corrected chi connectivity index (χ0v) is 14.1. The summed E-state index contributed by atoms with van der Waals surface area (Å²) in [5.74, 6) is 1.03. The van der Waals surface area contributed by atoms with E-state index in [1.807, 2.05) is 4.90 Å². The van der Waals surface area contributed by atoms with E-state index in [0.29, 0.717) is 18.4 Å². The first-order valence-corrected chi connectivity index (χ1v) is 10.6. The number of likely N-dealkylation sites (tertiary alicyclic amines) is 1. The predicted octanol–water partition coefficient (Wildman–Crippen LogP) is 2.32. The third-order valence-electron chi connectivity index (χ3n) is 5.54. The van der Waals surface area contributed by atoms with Crippen LogP contribution >= 0.6 is 0 Å². The van der Waals surface area contributed by atoms with E-state index < -0.39 is 9.84 Å². The van der Waals surface area contributed by atoms with E-state index in [1.165, 1.54) is 32.1 Å². The molecule has 2 saturated heterocycles. The summed E-state index contributed by atoms with van der Waals surface area (Å²) in [7, 11) is -2.97. The molecule has 1 N–H and O–H groups in total. The summed E-state index contributed by atoms with van der Waals surface area (Å²) in [6, 6.07) is 0.148. The largest absolute Gasteiger partial charge is 0.334 e. The molecular formula is C16H28N2O3S. The van der Waals surface area contributed by atoms with Crippen molar-refractivity contribution in [1.29, 1.82) is 0 Å². The van der Waals surface area contributed by atoms with Crippen LogP contribution in [0.1, 0.15) is 57.8 Å². The molecule has 1 saturated carbocycles. The Morgan fingerprint density at radius 1 is 0.955 bits per heavy atom. The topological polar surface area (TPSA) is 66.5 Å². The van der Waals surface area contributed by atoms with Crippen LogP contribution < -0.4 is 5.32 Å². The summed E-state index contributed by atoms with van der Waals surface area (Å²) in [6.07, 6.45) is 10.0. The maximum Gasteiger partial charge on any atom is 0.317 e. The molecule has 2 aliphatic heterocycles. The molecule has 2 amide bonds. The maximum absolute atomic E-state index is 12.6. The number of carbonyl (C=O) groups excluding carboxylic acids is 1. The molecule has 0 radical (unpaired) electrons. The minimum absolute atomic E-state index is 0.0322. The van der Waals surface area contributed by atoms with Gasteiger partial charge in [0.15, 0.2) is 9.84 Å². The highest BCUT2D eigenvalue weighted by molar-refractivity contribution is 7.91. The van der Waals surface area contributed by atoms with Crippen LogP contribution in [0.4, 0.5) is 4.79 Å². The lowest BCUT2D eigenvalue weighted by Gasteiger charge is -2.35. The van der Waals surface area contributed by atoms with Gasteiger partial charge in [-0.25, -0.2) is 13.2 Å². The Morgan fingerprint density at radius 3 is 2.45 bits per heavy atom. The second-order valence-corrected chi connectivity index (χ2v) is 9.43. The SMILES string of the molecule is O=C(N[C@@H]1CCCS(=O)(=O)C1)N1CCC[C@H]1C1CCCCC1. The lowest BCUT2D eigenvalue weighted by atomic mass is 9.83. The fraction of sp³-hybridized carbons (Fsp3) is 0.938. The molecule has 0 bridgehead atoms. The number of nitrogens with one attached hydrogen (secondary N) is 1. The van der Waals surface area contributed by atoms with Gasteiger partial charge >= 0.3 is 6.03 Å². The Bertz CT molecular complexity index is 500. The summed E-state index contributed by atoms with van der Waals surface area (Å²) in [5.41, 5.74) is 0. The summed E-state index contributed by atoms with van der Waals surface area (Å²) in [4.78, 5) is 14.6. The van der Waals surface area contributed by atoms with Gasteiger partial charge in [-0.05, 0) is 44.4 Å². The first kappa shape index (κ1) is 16.1. The average Bonchev–Trinajstić information content (AvgIpc) is 2.96. The van der Waals surface area contributed by atoms with Crippen LogP contribution in [0.15, 0.2) is 0 Å². The molecule has 3 fully saturated rings. The highest BCUT2D eigenvalue weighted by atomic mass is 32.2. The number of rotatable bonds is 2. The van der Waals surface area contributed by atoms with E-state index in [-0.39, 0.29) is 23.6 Å². The van der Waals surface area contributed by atoms with Crippen molar-refractivity contribution in [3.8, 4) is 0 Å². The zero-order chi connectivity index (χ0) is 15.6. The fourth-order valence-corrected chi connectivity index (χ4v) is 6.08. The van der Waals surface area contributed by atoms with Crippen LogP contribution in [0.3, 0.4) is 0 Å². The second-order valence-electron chi connectivity index (χ2n) is 7.20. The van der Waals surface area contributed by atoms with Crippen molar-refractivity contribution < 1.29 is 13.2 Å². The Hall–Kier alpha value is -0.780. The highest BCUT2D eigenvalue weighted by Gasteiger charge is 2.36. The van der Waals surface area contributed by atoms with Crippen molar-refractivity contribution in [2.24, 2.45) is 5.92 Å². The number of urea groups is 1. The van der Waals surface area contributed by atoms with Gasteiger partial charge in [0.1, 0.15) is 0 Å². The molecule has 6 heteroatoms. The monoisotopic (exact) mass is 328 g/mol. The third-order valence-corrected chi connectivity index (χ3v) is 7.37. The summed E-state index contributed by atoms with van der Waals surface area (Å²) >= 11 is 0. The number of nitrogens with zero attached hydrogens (tertiary/aromatic N) is 1. The van der Waals surface area contributed by atoms with Crippen LogP contribution in [0, 0.1) is 5.92 Å². The minimum atomic E-state index is -2.97. The van der Waals surface area contributed by atoms with Gasteiger partial charge in [-0.3, -0.25) is 0 Å². The Morgan fingerprint density at radius 2 is 1.73 bits per heavy atom. The molecule has 0 aromatic heterocycles. The van der Waals surface area contributed by atoms with Crippen molar-refractivity contribution >= 4 is 15.9 Å². The Labute approximate surface area is 133 Å². The Kier molecular flexibility index (Phi) is 4.95. The predicted molar refractivity (Wildman–Crippen MR) is 86.5 cm³/mol. The normalized spacial score (nSPS) is 32.8. The van der Waals surface area contributed by atoms with E-state index in [2.05, 4.69) is 5.32 Å². The van der Waals surface area contributed by atoms with Crippen LogP contribution in [0.2, 0.25) is 0 Å². The van der Waals surface area contributed by atoms with Crippen molar-refractivity contribution in [2.45, 2.75) is 69.9 Å². The molecule has 0 spiro atoms. The van der Waals surface area contributed by atoms with E-state index in [9.17, 15) is 13.2 Å². The molecule has 0 aromatic carbocycles. The smallest absolute Gasteiger partial charge is 0.317 e. The highest BCUT2D eigenvalue weighted by Crippen LogP contribution is 2.34. The first-order chi connectivity index (χ1) is 10.6. The minimum Gasteiger partial charge on any atom is -0.334 e. The number of amides is 2. The lowest BCUT2D eigenvalue weighted by Crippen LogP contribution is -2.51. The number of hydrogen-bond acceptors (Lipinski definition) is 3. The molecule has 22 heavy (non-hydrogen) atoms. The fourth-order valence-electron chi connectivity index (χ4n) is 4.45. The summed E-state index contributed by atoms with van der Waals surface area (Å²) < 4.78 is 23.4. The maximum atomic E-state index is 12.6. The quantitative estimate of drug-likeness (QED) is 0.846. The second kappa shape index (κ2) is 6.77. The van der Waals surface area contributed by atoms with Gasteiger partial charge in [0.05, 0.1) is 11.5 Å². The van der Waals surface area contributed by atoms with E-state index in [1.54, 1.807) is 0 Å². The standard InChI is InChI=1S/C16H28N2O3S/c19-16(17-14-8-5-11-22(20,21)12-14)18-10-4-9-15(18)13-6-2-1-3-7-13/h13-15H,1-12H2,(H,17,19)/t14-,15+/m1/s1.